The summed E-state index contributed by atoms with van der Waals surface area (Å²) in [7, 11) is 1.38. The van der Waals surface area contributed by atoms with Crippen LogP contribution < -0.4 is 5.32 Å². The van der Waals surface area contributed by atoms with Crippen molar-refractivity contribution in [2.24, 2.45) is 0 Å². The van der Waals surface area contributed by atoms with E-state index in [-0.39, 0.29) is 5.97 Å². The number of imidazole rings is 1. The van der Waals surface area contributed by atoms with Crippen molar-refractivity contribution < 1.29 is 9.53 Å². The summed E-state index contributed by atoms with van der Waals surface area (Å²) in [6.45, 7) is 4.53. The number of nitrogens with zero attached hydrogens (tertiary/aromatic N) is 1. The van der Waals surface area contributed by atoms with Gasteiger partial charge in [-0.05, 0) is 37.6 Å². The average molecular weight is 259 g/mol. The lowest BCUT2D eigenvalue weighted by Crippen LogP contribution is -2.05. The van der Waals surface area contributed by atoms with Crippen LogP contribution in [0.2, 0.25) is 0 Å². The standard InChI is InChI=1S/C14H17N3O2/c1-9-6-11(14(18)19-3)4-5-13(9)16-8-12-7-15-10(2)17-12/h4-7,16H,8H2,1-3H3,(H,15,17). The van der Waals surface area contributed by atoms with Crippen molar-refractivity contribution in [1.82, 2.24) is 9.97 Å². The van der Waals surface area contributed by atoms with Gasteiger partial charge in [0, 0.05) is 5.69 Å². The van der Waals surface area contributed by atoms with Crippen LogP contribution in [0.15, 0.2) is 24.4 Å². The Labute approximate surface area is 112 Å². The molecule has 1 heterocycles. The minimum Gasteiger partial charge on any atom is -0.465 e. The van der Waals surface area contributed by atoms with Crippen molar-refractivity contribution in [3.8, 4) is 0 Å². The number of esters is 1. The number of nitrogens with one attached hydrogen (secondary N) is 2. The summed E-state index contributed by atoms with van der Waals surface area (Å²) >= 11 is 0. The Morgan fingerprint density at radius 1 is 1.42 bits per heavy atom. The van der Waals surface area contributed by atoms with E-state index in [1.165, 1.54) is 7.11 Å². The van der Waals surface area contributed by atoms with Crippen LogP contribution in [0.4, 0.5) is 5.69 Å². The first-order valence-electron chi connectivity index (χ1n) is 6.03. The highest BCUT2D eigenvalue weighted by Gasteiger charge is 2.07. The van der Waals surface area contributed by atoms with Gasteiger partial charge in [-0.2, -0.15) is 0 Å². The van der Waals surface area contributed by atoms with Crippen LogP contribution in [-0.4, -0.2) is 23.0 Å². The van der Waals surface area contributed by atoms with E-state index in [1.807, 2.05) is 26.0 Å². The first-order valence-corrected chi connectivity index (χ1v) is 6.03. The fraction of sp³-hybridized carbons (Fsp3) is 0.286. The number of anilines is 1. The topological polar surface area (TPSA) is 67.0 Å². The van der Waals surface area contributed by atoms with E-state index < -0.39 is 0 Å². The summed E-state index contributed by atoms with van der Waals surface area (Å²) in [6.07, 6.45) is 1.81. The molecule has 2 aromatic rings. The fourth-order valence-corrected chi connectivity index (χ4v) is 1.86. The van der Waals surface area contributed by atoms with E-state index in [9.17, 15) is 4.79 Å². The number of aromatic nitrogens is 2. The first-order chi connectivity index (χ1) is 9.10. The second-order valence-electron chi connectivity index (χ2n) is 4.37. The van der Waals surface area contributed by atoms with Crippen LogP contribution >= 0.6 is 0 Å². The van der Waals surface area contributed by atoms with Gasteiger partial charge in [0.25, 0.3) is 0 Å². The van der Waals surface area contributed by atoms with Gasteiger partial charge in [0.2, 0.25) is 0 Å². The molecular weight excluding hydrogens is 242 g/mol. The lowest BCUT2D eigenvalue weighted by Gasteiger charge is -2.09. The van der Waals surface area contributed by atoms with Gasteiger partial charge >= 0.3 is 5.97 Å². The maximum Gasteiger partial charge on any atom is 0.337 e. The summed E-state index contributed by atoms with van der Waals surface area (Å²) in [5.41, 5.74) is 3.57. The molecule has 0 atom stereocenters. The zero-order chi connectivity index (χ0) is 13.8. The van der Waals surface area contributed by atoms with Crippen LogP contribution in [-0.2, 0) is 11.3 Å². The predicted octanol–water partition coefficient (Wildman–Crippen LogP) is 2.43. The summed E-state index contributed by atoms with van der Waals surface area (Å²) in [6, 6.07) is 5.44. The van der Waals surface area contributed by atoms with Crippen molar-refractivity contribution in [3.05, 3.63) is 47.0 Å². The predicted molar refractivity (Wildman–Crippen MR) is 73.2 cm³/mol. The molecule has 0 aliphatic carbocycles. The van der Waals surface area contributed by atoms with Gasteiger partial charge in [0.05, 0.1) is 31.1 Å². The Kier molecular flexibility index (Phi) is 3.85. The second-order valence-corrected chi connectivity index (χ2v) is 4.37. The molecule has 0 saturated carbocycles. The van der Waals surface area contributed by atoms with Crippen LogP contribution in [0.25, 0.3) is 0 Å². The third-order valence-corrected chi connectivity index (χ3v) is 2.87. The van der Waals surface area contributed by atoms with Crippen molar-refractivity contribution in [2.45, 2.75) is 20.4 Å². The Bertz CT molecular complexity index is 590. The Hall–Kier alpha value is -2.30. The number of benzene rings is 1. The summed E-state index contributed by atoms with van der Waals surface area (Å²) in [5.74, 6) is 0.577. The molecule has 1 aromatic carbocycles. The van der Waals surface area contributed by atoms with Crippen molar-refractivity contribution in [3.63, 3.8) is 0 Å². The highest BCUT2D eigenvalue weighted by Crippen LogP contribution is 2.17. The third kappa shape index (κ3) is 3.13. The van der Waals surface area contributed by atoms with E-state index >= 15 is 0 Å². The summed E-state index contributed by atoms with van der Waals surface area (Å²) in [5, 5.41) is 3.30. The SMILES string of the molecule is COC(=O)c1ccc(NCc2cnc(C)[nH]2)c(C)c1. The van der Waals surface area contributed by atoms with Gasteiger partial charge in [0.15, 0.2) is 0 Å². The van der Waals surface area contributed by atoms with Crippen LogP contribution in [0, 0.1) is 13.8 Å². The van der Waals surface area contributed by atoms with E-state index in [0.717, 1.165) is 22.8 Å². The monoisotopic (exact) mass is 259 g/mol. The normalized spacial score (nSPS) is 10.3. The van der Waals surface area contributed by atoms with Gasteiger partial charge in [0.1, 0.15) is 5.82 Å². The number of ether oxygens (including phenoxy) is 1. The van der Waals surface area contributed by atoms with Crippen LogP contribution in [0.5, 0.6) is 0 Å². The molecule has 2 N–H and O–H groups in total. The molecule has 2 rings (SSSR count). The number of aryl methyl sites for hydroxylation is 2. The van der Waals surface area contributed by atoms with Gasteiger partial charge < -0.3 is 15.0 Å². The lowest BCUT2D eigenvalue weighted by molar-refractivity contribution is 0.0600. The number of H-pyrrole nitrogens is 1. The number of hydrogen-bond donors (Lipinski definition) is 2. The van der Waals surface area contributed by atoms with E-state index in [1.54, 1.807) is 12.3 Å². The van der Waals surface area contributed by atoms with E-state index in [0.29, 0.717) is 12.1 Å². The lowest BCUT2D eigenvalue weighted by atomic mass is 10.1. The first kappa shape index (κ1) is 13.1. The molecule has 0 amide bonds. The van der Waals surface area contributed by atoms with E-state index in [4.69, 9.17) is 4.74 Å². The molecule has 0 aliphatic rings. The molecule has 1 aromatic heterocycles. The molecule has 0 bridgehead atoms. The molecule has 0 aliphatic heterocycles. The minimum absolute atomic E-state index is 0.321. The van der Waals surface area contributed by atoms with Crippen molar-refractivity contribution >= 4 is 11.7 Å². The zero-order valence-corrected chi connectivity index (χ0v) is 11.3. The number of rotatable bonds is 4. The highest BCUT2D eigenvalue weighted by molar-refractivity contribution is 5.90. The molecular formula is C14H17N3O2. The smallest absolute Gasteiger partial charge is 0.337 e. The number of carbonyl (C=O) groups is 1. The Morgan fingerprint density at radius 3 is 2.79 bits per heavy atom. The van der Waals surface area contributed by atoms with Gasteiger partial charge in [-0.15, -0.1) is 0 Å². The van der Waals surface area contributed by atoms with Crippen molar-refractivity contribution in [1.29, 1.82) is 0 Å². The Morgan fingerprint density at radius 2 is 2.21 bits per heavy atom. The van der Waals surface area contributed by atoms with Gasteiger partial charge in [-0.25, -0.2) is 9.78 Å². The maximum atomic E-state index is 11.4. The van der Waals surface area contributed by atoms with Crippen LogP contribution in [0.1, 0.15) is 27.4 Å². The van der Waals surface area contributed by atoms with Gasteiger partial charge in [-0.3, -0.25) is 0 Å². The molecule has 5 nitrogen and oxygen atoms in total. The molecule has 100 valence electrons. The summed E-state index contributed by atoms with van der Waals surface area (Å²) in [4.78, 5) is 18.7. The molecule has 0 fully saturated rings. The summed E-state index contributed by atoms with van der Waals surface area (Å²) < 4.78 is 4.69. The third-order valence-electron chi connectivity index (χ3n) is 2.87. The average Bonchev–Trinajstić information content (AvgIpc) is 2.82. The Balaban J connectivity index is 2.07. The zero-order valence-electron chi connectivity index (χ0n) is 11.3. The fourth-order valence-electron chi connectivity index (χ4n) is 1.86. The number of hydrogen-bond acceptors (Lipinski definition) is 4. The van der Waals surface area contributed by atoms with Gasteiger partial charge in [-0.1, -0.05) is 0 Å². The molecule has 19 heavy (non-hydrogen) atoms. The molecule has 0 radical (unpaired) electrons. The number of aromatic amines is 1. The molecule has 0 unspecified atom stereocenters. The molecule has 0 saturated heterocycles. The number of carbonyl (C=O) groups excluding carboxylic acids is 1. The molecule has 5 heteroatoms. The number of methoxy groups -OCH3 is 1. The molecule has 0 spiro atoms. The van der Waals surface area contributed by atoms with Crippen molar-refractivity contribution in [2.75, 3.05) is 12.4 Å². The second kappa shape index (κ2) is 5.56. The largest absolute Gasteiger partial charge is 0.465 e. The maximum absolute atomic E-state index is 11.4. The van der Waals surface area contributed by atoms with Crippen LogP contribution in [0.3, 0.4) is 0 Å². The highest BCUT2D eigenvalue weighted by atomic mass is 16.5. The quantitative estimate of drug-likeness (QED) is 0.827. The minimum atomic E-state index is -0.321. The van der Waals surface area contributed by atoms with E-state index in [2.05, 4.69) is 15.3 Å².